The van der Waals surface area contributed by atoms with E-state index in [1.165, 1.54) is 19.4 Å². The zero-order valence-electron chi connectivity index (χ0n) is 12.1. The molecule has 0 spiro atoms. The number of hydrogen-bond donors (Lipinski definition) is 2. The summed E-state index contributed by atoms with van der Waals surface area (Å²) >= 11 is 0. The summed E-state index contributed by atoms with van der Waals surface area (Å²) in [6, 6.07) is 0.611. The number of carbonyl (C=O) groups is 1. The number of hydrogen-bond acceptors (Lipinski definition) is 4. The van der Waals surface area contributed by atoms with Gasteiger partial charge in [-0.25, -0.2) is 0 Å². The van der Waals surface area contributed by atoms with Gasteiger partial charge in [0.25, 0.3) is 0 Å². The Hall–Kier alpha value is -0.650. The summed E-state index contributed by atoms with van der Waals surface area (Å²) in [6.07, 6.45) is 2.65. The van der Waals surface area contributed by atoms with Crippen LogP contribution in [0.1, 0.15) is 26.7 Å². The van der Waals surface area contributed by atoms with Crippen LogP contribution in [0.3, 0.4) is 0 Å². The molecule has 2 aliphatic rings. The average molecular weight is 269 g/mol. The number of fused-ring (bicyclic) bond motifs is 1. The van der Waals surface area contributed by atoms with Gasteiger partial charge in [-0.2, -0.15) is 0 Å². The third-order valence-corrected chi connectivity index (χ3v) is 4.36. The first-order valence-corrected chi connectivity index (χ1v) is 7.45. The van der Waals surface area contributed by atoms with Crippen molar-refractivity contribution in [3.63, 3.8) is 0 Å². The molecule has 2 aliphatic heterocycles. The van der Waals surface area contributed by atoms with E-state index in [2.05, 4.69) is 10.2 Å². The third-order valence-electron chi connectivity index (χ3n) is 4.36. The predicted molar refractivity (Wildman–Crippen MR) is 74.7 cm³/mol. The lowest BCUT2D eigenvalue weighted by molar-refractivity contribution is -0.127. The minimum absolute atomic E-state index is 0.0599. The number of nitrogens with zero attached hydrogens (tertiary/aromatic N) is 1. The zero-order chi connectivity index (χ0) is 13.8. The molecule has 3 N–H and O–H groups in total. The molecule has 0 saturated carbocycles. The van der Waals surface area contributed by atoms with E-state index in [-0.39, 0.29) is 23.8 Å². The van der Waals surface area contributed by atoms with Gasteiger partial charge in [-0.15, -0.1) is 0 Å². The molecule has 2 saturated heterocycles. The van der Waals surface area contributed by atoms with Crippen molar-refractivity contribution < 1.29 is 9.53 Å². The molecule has 5 heteroatoms. The van der Waals surface area contributed by atoms with Crippen LogP contribution in [0.2, 0.25) is 0 Å². The summed E-state index contributed by atoms with van der Waals surface area (Å²) in [5, 5.41) is 2.99. The topological polar surface area (TPSA) is 67.6 Å². The molecule has 0 aromatic heterocycles. The molecule has 110 valence electrons. The van der Waals surface area contributed by atoms with Crippen molar-refractivity contribution >= 4 is 5.91 Å². The predicted octanol–water partition coefficient (Wildman–Crippen LogP) is 0.197. The van der Waals surface area contributed by atoms with Gasteiger partial charge in [0.05, 0.1) is 18.6 Å². The Morgan fingerprint density at radius 1 is 1.53 bits per heavy atom. The molecule has 3 atom stereocenters. The lowest BCUT2D eigenvalue weighted by Crippen LogP contribution is -2.51. The smallest absolute Gasteiger partial charge is 0.224 e. The molecule has 0 radical (unpaired) electrons. The Morgan fingerprint density at radius 2 is 2.32 bits per heavy atom. The van der Waals surface area contributed by atoms with E-state index in [1.807, 2.05) is 13.8 Å². The Morgan fingerprint density at radius 3 is 3.00 bits per heavy atom. The molecule has 5 nitrogen and oxygen atoms in total. The number of ether oxygens (including phenoxy) is 1. The van der Waals surface area contributed by atoms with Gasteiger partial charge in [-0.1, -0.05) is 13.8 Å². The number of amides is 1. The van der Waals surface area contributed by atoms with Crippen molar-refractivity contribution in [3.8, 4) is 0 Å². The van der Waals surface area contributed by atoms with E-state index in [0.29, 0.717) is 19.1 Å². The monoisotopic (exact) mass is 269 g/mol. The minimum Gasteiger partial charge on any atom is -0.373 e. The average Bonchev–Trinajstić information content (AvgIpc) is 2.84. The molecule has 0 aromatic carbocycles. The summed E-state index contributed by atoms with van der Waals surface area (Å²) in [5.41, 5.74) is 5.65. The molecule has 0 bridgehead atoms. The lowest BCUT2D eigenvalue weighted by Gasteiger charge is -2.35. The van der Waals surface area contributed by atoms with Gasteiger partial charge in [0.15, 0.2) is 0 Å². The van der Waals surface area contributed by atoms with Crippen LogP contribution in [0.25, 0.3) is 0 Å². The number of morpholine rings is 1. The SMILES string of the molecule is CC(C)C(CN)C(=O)NCC1CN2CCCC2CO1. The molecular formula is C14H27N3O2. The summed E-state index contributed by atoms with van der Waals surface area (Å²) in [6.45, 7) is 8.00. The van der Waals surface area contributed by atoms with Crippen LogP contribution >= 0.6 is 0 Å². The van der Waals surface area contributed by atoms with E-state index in [9.17, 15) is 4.79 Å². The summed E-state index contributed by atoms with van der Waals surface area (Å²) in [7, 11) is 0. The summed E-state index contributed by atoms with van der Waals surface area (Å²) < 4.78 is 5.83. The van der Waals surface area contributed by atoms with Crippen molar-refractivity contribution in [2.24, 2.45) is 17.6 Å². The Labute approximate surface area is 115 Å². The second-order valence-corrected chi connectivity index (χ2v) is 6.08. The maximum Gasteiger partial charge on any atom is 0.224 e. The maximum absolute atomic E-state index is 12.0. The molecule has 1 amide bonds. The second-order valence-electron chi connectivity index (χ2n) is 6.08. The van der Waals surface area contributed by atoms with Gasteiger partial charge in [0.2, 0.25) is 5.91 Å². The van der Waals surface area contributed by atoms with Gasteiger partial charge in [0, 0.05) is 25.7 Å². The minimum atomic E-state index is -0.0943. The van der Waals surface area contributed by atoms with Crippen molar-refractivity contribution in [2.45, 2.75) is 38.8 Å². The highest BCUT2D eigenvalue weighted by Gasteiger charge is 2.32. The van der Waals surface area contributed by atoms with Gasteiger partial charge in [0.1, 0.15) is 0 Å². The first-order valence-electron chi connectivity index (χ1n) is 7.45. The van der Waals surface area contributed by atoms with Crippen molar-refractivity contribution in [1.82, 2.24) is 10.2 Å². The van der Waals surface area contributed by atoms with Crippen LogP contribution in [0, 0.1) is 11.8 Å². The summed E-state index contributed by atoms with van der Waals surface area (Å²) in [4.78, 5) is 14.5. The molecule has 3 unspecified atom stereocenters. The number of nitrogens with one attached hydrogen (secondary N) is 1. The maximum atomic E-state index is 12.0. The highest BCUT2D eigenvalue weighted by molar-refractivity contribution is 5.79. The first-order chi connectivity index (χ1) is 9.11. The fraction of sp³-hybridized carbons (Fsp3) is 0.929. The zero-order valence-corrected chi connectivity index (χ0v) is 12.1. The quantitative estimate of drug-likeness (QED) is 0.748. The van der Waals surface area contributed by atoms with Gasteiger partial charge in [-0.05, 0) is 25.3 Å². The van der Waals surface area contributed by atoms with E-state index in [1.54, 1.807) is 0 Å². The van der Waals surface area contributed by atoms with Crippen LogP contribution < -0.4 is 11.1 Å². The third kappa shape index (κ3) is 3.68. The lowest BCUT2D eigenvalue weighted by atomic mass is 9.95. The highest BCUT2D eigenvalue weighted by atomic mass is 16.5. The van der Waals surface area contributed by atoms with Crippen LogP contribution in [0.15, 0.2) is 0 Å². The van der Waals surface area contributed by atoms with Gasteiger partial charge >= 0.3 is 0 Å². The fourth-order valence-electron chi connectivity index (χ4n) is 3.04. The number of nitrogens with two attached hydrogens (primary N) is 1. The molecule has 2 heterocycles. The summed E-state index contributed by atoms with van der Waals surface area (Å²) in [5.74, 6) is 0.244. The number of carbonyl (C=O) groups excluding carboxylic acids is 1. The van der Waals surface area contributed by atoms with E-state index >= 15 is 0 Å². The molecular weight excluding hydrogens is 242 g/mol. The number of rotatable bonds is 5. The molecule has 0 aliphatic carbocycles. The fourth-order valence-corrected chi connectivity index (χ4v) is 3.04. The second kappa shape index (κ2) is 6.68. The normalized spacial score (nSPS) is 29.3. The van der Waals surface area contributed by atoms with Crippen LogP contribution in [0.5, 0.6) is 0 Å². The standard InChI is InChI=1S/C14H27N3O2/c1-10(2)13(6-15)14(18)16-7-12-8-17-5-3-4-11(17)9-19-12/h10-13H,3-9,15H2,1-2H3,(H,16,18). The molecule has 19 heavy (non-hydrogen) atoms. The van der Waals surface area contributed by atoms with Crippen LogP contribution in [-0.4, -0.2) is 55.7 Å². The van der Waals surface area contributed by atoms with Crippen molar-refractivity contribution in [1.29, 1.82) is 0 Å². The Bertz CT molecular complexity index is 309. The van der Waals surface area contributed by atoms with Crippen molar-refractivity contribution in [3.05, 3.63) is 0 Å². The Kier molecular flexibility index (Phi) is 5.19. The van der Waals surface area contributed by atoms with Gasteiger partial charge < -0.3 is 15.8 Å². The van der Waals surface area contributed by atoms with E-state index in [4.69, 9.17) is 10.5 Å². The van der Waals surface area contributed by atoms with Crippen LogP contribution in [0.4, 0.5) is 0 Å². The van der Waals surface area contributed by atoms with E-state index in [0.717, 1.165) is 13.2 Å². The highest BCUT2D eigenvalue weighted by Crippen LogP contribution is 2.22. The largest absolute Gasteiger partial charge is 0.373 e. The van der Waals surface area contributed by atoms with Gasteiger partial charge in [-0.3, -0.25) is 9.69 Å². The molecule has 2 fully saturated rings. The molecule has 2 rings (SSSR count). The van der Waals surface area contributed by atoms with E-state index < -0.39 is 0 Å². The van der Waals surface area contributed by atoms with Crippen LogP contribution in [-0.2, 0) is 9.53 Å². The van der Waals surface area contributed by atoms with Crippen molar-refractivity contribution in [2.75, 3.05) is 32.8 Å². The molecule has 0 aromatic rings. The Balaban J connectivity index is 1.74. The first kappa shape index (κ1) is 14.8.